The fourth-order valence-corrected chi connectivity index (χ4v) is 4.98. The predicted molar refractivity (Wildman–Crippen MR) is 117 cm³/mol. The Hall–Kier alpha value is -2.99. The van der Waals surface area contributed by atoms with E-state index >= 15 is 0 Å². The van der Waals surface area contributed by atoms with Crippen molar-refractivity contribution in [2.24, 2.45) is 5.92 Å². The number of carbonyl (C=O) groups is 1. The first-order valence-electron chi connectivity index (χ1n) is 10.8. The molecule has 160 valence electrons. The van der Waals surface area contributed by atoms with E-state index in [1.165, 1.54) is 0 Å². The number of nitrogens with zero attached hydrogens (tertiary/aromatic N) is 3. The first-order valence-corrected chi connectivity index (χ1v) is 10.8. The van der Waals surface area contributed by atoms with Crippen LogP contribution in [-0.2, 0) is 0 Å². The Labute approximate surface area is 181 Å². The summed E-state index contributed by atoms with van der Waals surface area (Å²) in [5.74, 6) is 1.38. The third-order valence-corrected chi connectivity index (χ3v) is 6.47. The van der Waals surface area contributed by atoms with Crippen molar-refractivity contribution in [3.63, 3.8) is 0 Å². The molecule has 31 heavy (non-hydrogen) atoms. The highest BCUT2D eigenvalue weighted by molar-refractivity contribution is 6.05. The molecule has 0 saturated heterocycles. The fraction of sp³-hybridized carbons (Fsp3) is 0.400. The Balaban J connectivity index is 1.53. The summed E-state index contributed by atoms with van der Waals surface area (Å²) in [5.41, 5.74) is 3.53. The summed E-state index contributed by atoms with van der Waals surface area (Å²) in [6.07, 6.45) is 2.12. The average molecular weight is 418 g/mol. The first-order chi connectivity index (χ1) is 14.8. The largest absolute Gasteiger partial charge is 0.421 e. The van der Waals surface area contributed by atoms with Crippen molar-refractivity contribution in [2.75, 3.05) is 0 Å². The van der Waals surface area contributed by atoms with E-state index < -0.39 is 5.60 Å². The van der Waals surface area contributed by atoms with Crippen molar-refractivity contribution in [3.8, 4) is 22.6 Å². The molecule has 2 unspecified atom stereocenters. The van der Waals surface area contributed by atoms with Gasteiger partial charge >= 0.3 is 0 Å². The summed E-state index contributed by atoms with van der Waals surface area (Å²) in [6.45, 7) is 7.46. The third kappa shape index (κ3) is 3.35. The molecule has 1 saturated carbocycles. The van der Waals surface area contributed by atoms with Crippen LogP contribution in [0.5, 0.6) is 0 Å². The molecule has 2 atom stereocenters. The zero-order valence-electron chi connectivity index (χ0n) is 18.3. The number of fused-ring (bicyclic) bond motifs is 1. The van der Waals surface area contributed by atoms with E-state index in [1.54, 1.807) is 6.92 Å². The van der Waals surface area contributed by atoms with Gasteiger partial charge in [0.2, 0.25) is 11.8 Å². The number of benzene rings is 2. The van der Waals surface area contributed by atoms with Crippen LogP contribution in [0, 0.1) is 12.8 Å². The van der Waals surface area contributed by atoms with E-state index in [1.807, 2.05) is 61.2 Å². The molecule has 3 aromatic rings. The van der Waals surface area contributed by atoms with Crippen LogP contribution in [0.1, 0.15) is 61.5 Å². The quantitative estimate of drug-likeness (QED) is 0.646. The summed E-state index contributed by atoms with van der Waals surface area (Å²) in [6, 6.07) is 13.6. The highest BCUT2D eigenvalue weighted by atomic mass is 16.4. The summed E-state index contributed by atoms with van der Waals surface area (Å²) < 4.78 is 5.51. The Bertz CT molecular complexity index is 1140. The van der Waals surface area contributed by atoms with Crippen molar-refractivity contribution >= 4 is 5.91 Å². The van der Waals surface area contributed by atoms with Gasteiger partial charge in [0, 0.05) is 12.5 Å². The highest BCUT2D eigenvalue weighted by Gasteiger charge is 2.50. The number of rotatable bonds is 5. The molecule has 1 amide bonds. The molecule has 0 radical (unpaired) electrons. The maximum atomic E-state index is 13.7. The van der Waals surface area contributed by atoms with E-state index in [-0.39, 0.29) is 18.0 Å². The zero-order chi connectivity index (χ0) is 21.9. The SMILES string of the molecule is Cc1nnc(-c2ccc(-c3cccc4c3C(=O)N(C(C3CC3)C(C)(C)O)C4C)cc2)o1. The molecule has 1 N–H and O–H groups in total. The van der Waals surface area contributed by atoms with E-state index in [0.717, 1.165) is 40.7 Å². The second-order valence-corrected chi connectivity index (χ2v) is 9.30. The molecule has 5 rings (SSSR count). The Morgan fingerprint density at radius 1 is 1.10 bits per heavy atom. The number of amides is 1. The van der Waals surface area contributed by atoms with Gasteiger partial charge in [-0.25, -0.2) is 0 Å². The number of aromatic nitrogens is 2. The minimum absolute atomic E-state index is 0.00808. The number of aryl methyl sites for hydroxylation is 1. The van der Waals surface area contributed by atoms with Gasteiger partial charge in [-0.15, -0.1) is 10.2 Å². The predicted octanol–water partition coefficient (Wildman–Crippen LogP) is 4.78. The molecular weight excluding hydrogens is 390 g/mol. The standard InChI is InChI=1S/C25H27N3O3/c1-14-19-6-5-7-20(16-8-12-18(13-9-16)23-27-26-15(2)31-23)21(19)24(29)28(14)22(17-10-11-17)25(3,4)30/h5-9,12-14,17,22,30H,10-11H2,1-4H3. The van der Waals surface area contributed by atoms with Gasteiger partial charge in [0.15, 0.2) is 0 Å². The first kappa shape index (κ1) is 19.9. The monoisotopic (exact) mass is 417 g/mol. The minimum atomic E-state index is -0.947. The summed E-state index contributed by atoms with van der Waals surface area (Å²) in [5, 5.41) is 18.8. The summed E-state index contributed by atoms with van der Waals surface area (Å²) in [7, 11) is 0. The Kier molecular flexibility index (Phi) is 4.52. The summed E-state index contributed by atoms with van der Waals surface area (Å²) in [4.78, 5) is 15.6. The van der Waals surface area contributed by atoms with Gasteiger partial charge in [-0.1, -0.05) is 30.3 Å². The molecule has 1 aliphatic heterocycles. The maximum absolute atomic E-state index is 13.7. The van der Waals surface area contributed by atoms with Crippen LogP contribution in [0.25, 0.3) is 22.6 Å². The zero-order valence-corrected chi connectivity index (χ0v) is 18.3. The fourth-order valence-electron chi connectivity index (χ4n) is 4.98. The van der Waals surface area contributed by atoms with Crippen molar-refractivity contribution in [1.82, 2.24) is 15.1 Å². The van der Waals surface area contributed by atoms with Gasteiger partial charge in [0.1, 0.15) is 0 Å². The molecule has 2 aromatic carbocycles. The van der Waals surface area contributed by atoms with Crippen molar-refractivity contribution in [2.45, 2.75) is 58.2 Å². The molecule has 0 bridgehead atoms. The number of hydrogen-bond acceptors (Lipinski definition) is 5. The van der Waals surface area contributed by atoms with Crippen LogP contribution in [0.3, 0.4) is 0 Å². The molecule has 1 fully saturated rings. The number of aliphatic hydroxyl groups is 1. The molecule has 2 aliphatic rings. The van der Waals surface area contributed by atoms with E-state index in [4.69, 9.17) is 4.42 Å². The Morgan fingerprint density at radius 2 is 1.77 bits per heavy atom. The van der Waals surface area contributed by atoms with Crippen LogP contribution in [0.15, 0.2) is 46.9 Å². The van der Waals surface area contributed by atoms with E-state index in [2.05, 4.69) is 17.1 Å². The Morgan fingerprint density at radius 3 is 2.35 bits per heavy atom. The topological polar surface area (TPSA) is 79.5 Å². The number of hydrogen-bond donors (Lipinski definition) is 1. The van der Waals surface area contributed by atoms with Gasteiger partial charge in [-0.05, 0) is 68.4 Å². The van der Waals surface area contributed by atoms with Gasteiger partial charge in [0.25, 0.3) is 5.91 Å². The molecule has 6 heteroatoms. The lowest BCUT2D eigenvalue weighted by Crippen LogP contribution is -2.52. The lowest BCUT2D eigenvalue weighted by Gasteiger charge is -2.39. The van der Waals surface area contributed by atoms with E-state index in [9.17, 15) is 9.90 Å². The molecular formula is C25H27N3O3. The van der Waals surface area contributed by atoms with Crippen LogP contribution in [-0.4, -0.2) is 37.8 Å². The molecule has 1 aliphatic carbocycles. The second kappa shape index (κ2) is 7.02. The van der Waals surface area contributed by atoms with Crippen molar-refractivity contribution in [1.29, 1.82) is 0 Å². The molecule has 6 nitrogen and oxygen atoms in total. The average Bonchev–Trinajstić information content (AvgIpc) is 3.42. The van der Waals surface area contributed by atoms with Gasteiger partial charge in [0.05, 0.1) is 23.2 Å². The smallest absolute Gasteiger partial charge is 0.255 e. The lowest BCUT2D eigenvalue weighted by atomic mass is 9.92. The molecule has 0 spiro atoms. The molecule has 2 heterocycles. The van der Waals surface area contributed by atoms with Crippen LogP contribution < -0.4 is 0 Å². The van der Waals surface area contributed by atoms with Crippen molar-refractivity contribution in [3.05, 3.63) is 59.5 Å². The van der Waals surface area contributed by atoms with Crippen LogP contribution in [0.4, 0.5) is 0 Å². The highest BCUT2D eigenvalue weighted by Crippen LogP contribution is 2.48. The number of carbonyl (C=O) groups excluding carboxylic acids is 1. The van der Waals surface area contributed by atoms with Gasteiger partial charge in [-0.3, -0.25) is 4.79 Å². The van der Waals surface area contributed by atoms with Crippen LogP contribution >= 0.6 is 0 Å². The maximum Gasteiger partial charge on any atom is 0.255 e. The third-order valence-electron chi connectivity index (χ3n) is 6.47. The molecule has 1 aromatic heterocycles. The van der Waals surface area contributed by atoms with E-state index in [0.29, 0.717) is 17.7 Å². The summed E-state index contributed by atoms with van der Waals surface area (Å²) >= 11 is 0. The van der Waals surface area contributed by atoms with Gasteiger partial charge in [-0.2, -0.15) is 0 Å². The lowest BCUT2D eigenvalue weighted by molar-refractivity contribution is -0.0305. The van der Waals surface area contributed by atoms with Crippen molar-refractivity contribution < 1.29 is 14.3 Å². The minimum Gasteiger partial charge on any atom is -0.421 e. The van der Waals surface area contributed by atoms with Crippen LogP contribution in [0.2, 0.25) is 0 Å². The van der Waals surface area contributed by atoms with Gasteiger partial charge < -0.3 is 14.4 Å². The normalized spacial score (nSPS) is 19.6. The second-order valence-electron chi connectivity index (χ2n) is 9.30.